The third kappa shape index (κ3) is 2.88. The first-order chi connectivity index (χ1) is 8.74. The van der Waals surface area contributed by atoms with Gasteiger partial charge < -0.3 is 5.21 Å². The highest BCUT2D eigenvalue weighted by Gasteiger charge is 2.25. The largest absolute Gasteiger partial charge is 0.411 e. The van der Waals surface area contributed by atoms with E-state index in [1.807, 2.05) is 12.1 Å². The Hall–Kier alpha value is -1.42. The maximum Gasteiger partial charge on any atom is 0.127 e. The summed E-state index contributed by atoms with van der Waals surface area (Å²) in [6, 6.07) is 6.89. The van der Waals surface area contributed by atoms with Gasteiger partial charge in [-0.2, -0.15) is 0 Å². The van der Waals surface area contributed by atoms with Crippen LogP contribution in [0.15, 0.2) is 29.4 Å². The standard InChI is InChI=1S/C14H19FN2O/c1-2-11-9-17(8-7-14(11)16-18)10-12-5-3-4-6-13(12)15/h3-6,11,18H,2,7-10H2,1H3/b16-14+. The lowest BCUT2D eigenvalue weighted by Gasteiger charge is -2.32. The third-order valence-corrected chi connectivity index (χ3v) is 3.61. The van der Waals surface area contributed by atoms with Gasteiger partial charge in [-0.15, -0.1) is 0 Å². The molecule has 1 unspecified atom stereocenters. The molecular formula is C14H19FN2O. The Morgan fingerprint density at radius 1 is 1.44 bits per heavy atom. The minimum absolute atomic E-state index is 0.146. The summed E-state index contributed by atoms with van der Waals surface area (Å²) in [5.41, 5.74) is 1.61. The number of nitrogens with zero attached hydrogens (tertiary/aromatic N) is 2. The van der Waals surface area contributed by atoms with Gasteiger partial charge in [-0.05, 0) is 12.5 Å². The number of benzene rings is 1. The minimum atomic E-state index is -0.146. The van der Waals surface area contributed by atoms with Gasteiger partial charge in [0.15, 0.2) is 0 Å². The van der Waals surface area contributed by atoms with Crippen LogP contribution in [0.2, 0.25) is 0 Å². The van der Waals surface area contributed by atoms with E-state index in [1.165, 1.54) is 6.07 Å². The normalized spacial score (nSPS) is 23.4. The van der Waals surface area contributed by atoms with Crippen LogP contribution < -0.4 is 0 Å². The van der Waals surface area contributed by atoms with Crippen LogP contribution >= 0.6 is 0 Å². The Kier molecular flexibility index (Phi) is 4.31. The van der Waals surface area contributed by atoms with Crippen molar-refractivity contribution in [2.75, 3.05) is 13.1 Å². The van der Waals surface area contributed by atoms with Crippen LogP contribution in [0.5, 0.6) is 0 Å². The zero-order valence-corrected chi connectivity index (χ0v) is 10.6. The molecule has 0 aliphatic carbocycles. The van der Waals surface area contributed by atoms with Gasteiger partial charge in [0.25, 0.3) is 0 Å². The van der Waals surface area contributed by atoms with Gasteiger partial charge >= 0.3 is 0 Å². The Morgan fingerprint density at radius 2 is 2.22 bits per heavy atom. The fourth-order valence-electron chi connectivity index (χ4n) is 2.49. The monoisotopic (exact) mass is 250 g/mol. The molecule has 0 radical (unpaired) electrons. The maximum atomic E-state index is 13.6. The molecule has 0 spiro atoms. The van der Waals surface area contributed by atoms with Crippen molar-refractivity contribution in [1.82, 2.24) is 4.90 Å². The lowest BCUT2D eigenvalue weighted by atomic mass is 9.93. The first kappa shape index (κ1) is 13.0. The highest BCUT2D eigenvalue weighted by molar-refractivity contribution is 5.87. The molecule has 1 N–H and O–H groups in total. The van der Waals surface area contributed by atoms with Crippen molar-refractivity contribution in [2.45, 2.75) is 26.3 Å². The second kappa shape index (κ2) is 5.96. The smallest absolute Gasteiger partial charge is 0.127 e. The number of halogens is 1. The molecule has 0 aromatic heterocycles. The quantitative estimate of drug-likeness (QED) is 0.661. The van der Waals surface area contributed by atoms with Gasteiger partial charge in [-0.1, -0.05) is 30.3 Å². The number of piperidine rings is 1. The molecule has 1 aliphatic heterocycles. The lowest BCUT2D eigenvalue weighted by molar-refractivity contribution is 0.218. The van der Waals surface area contributed by atoms with Crippen molar-refractivity contribution in [1.29, 1.82) is 0 Å². The summed E-state index contributed by atoms with van der Waals surface area (Å²) < 4.78 is 13.6. The van der Waals surface area contributed by atoms with E-state index >= 15 is 0 Å². The van der Waals surface area contributed by atoms with E-state index in [9.17, 15) is 4.39 Å². The molecule has 18 heavy (non-hydrogen) atoms. The Labute approximate surface area is 107 Å². The highest BCUT2D eigenvalue weighted by atomic mass is 19.1. The van der Waals surface area contributed by atoms with E-state index in [4.69, 9.17) is 5.21 Å². The van der Waals surface area contributed by atoms with Crippen LogP contribution in [0.25, 0.3) is 0 Å². The molecule has 1 saturated heterocycles. The average Bonchev–Trinajstić information content (AvgIpc) is 2.41. The van der Waals surface area contributed by atoms with E-state index in [-0.39, 0.29) is 11.7 Å². The molecule has 0 bridgehead atoms. The molecule has 1 aromatic rings. The summed E-state index contributed by atoms with van der Waals surface area (Å²) in [6.45, 7) is 4.37. The fraction of sp³-hybridized carbons (Fsp3) is 0.500. The van der Waals surface area contributed by atoms with Crippen molar-refractivity contribution in [3.8, 4) is 0 Å². The zero-order chi connectivity index (χ0) is 13.0. The summed E-state index contributed by atoms with van der Waals surface area (Å²) >= 11 is 0. The van der Waals surface area contributed by atoms with Crippen molar-refractivity contribution in [2.24, 2.45) is 11.1 Å². The van der Waals surface area contributed by atoms with Crippen LogP contribution in [0, 0.1) is 11.7 Å². The fourth-order valence-corrected chi connectivity index (χ4v) is 2.49. The number of likely N-dealkylation sites (tertiary alicyclic amines) is 1. The predicted molar refractivity (Wildman–Crippen MR) is 69.3 cm³/mol. The van der Waals surface area contributed by atoms with Crippen molar-refractivity contribution in [3.05, 3.63) is 35.6 Å². The van der Waals surface area contributed by atoms with Crippen LogP contribution in [0.1, 0.15) is 25.3 Å². The molecular weight excluding hydrogens is 231 g/mol. The number of rotatable bonds is 3. The van der Waals surface area contributed by atoms with E-state index in [1.54, 1.807) is 6.07 Å². The molecule has 0 amide bonds. The summed E-state index contributed by atoms with van der Waals surface area (Å²) in [7, 11) is 0. The molecule has 0 saturated carbocycles. The van der Waals surface area contributed by atoms with E-state index in [0.29, 0.717) is 6.54 Å². The number of hydrogen-bond donors (Lipinski definition) is 1. The topological polar surface area (TPSA) is 35.8 Å². The minimum Gasteiger partial charge on any atom is -0.411 e. The Bertz CT molecular complexity index is 434. The molecule has 1 fully saturated rings. The SMILES string of the molecule is CCC1CN(Cc2ccccc2F)CC/C1=N\O. The molecule has 1 aromatic carbocycles. The van der Waals surface area contributed by atoms with Gasteiger partial charge in [0, 0.05) is 37.5 Å². The molecule has 4 heteroatoms. The summed E-state index contributed by atoms with van der Waals surface area (Å²) in [5, 5.41) is 12.3. The molecule has 1 heterocycles. The van der Waals surface area contributed by atoms with E-state index in [2.05, 4.69) is 17.0 Å². The van der Waals surface area contributed by atoms with Crippen LogP contribution in [0.4, 0.5) is 4.39 Å². The maximum absolute atomic E-state index is 13.6. The number of hydrogen-bond acceptors (Lipinski definition) is 3. The number of oxime groups is 1. The molecule has 1 aliphatic rings. The van der Waals surface area contributed by atoms with Crippen molar-refractivity contribution >= 4 is 5.71 Å². The molecule has 2 rings (SSSR count). The highest BCUT2D eigenvalue weighted by Crippen LogP contribution is 2.20. The molecule has 98 valence electrons. The van der Waals surface area contributed by atoms with E-state index < -0.39 is 0 Å². The predicted octanol–water partition coefficient (Wildman–Crippen LogP) is 2.89. The first-order valence-electron chi connectivity index (χ1n) is 6.41. The summed E-state index contributed by atoms with van der Waals surface area (Å²) in [4.78, 5) is 2.22. The van der Waals surface area contributed by atoms with E-state index in [0.717, 1.165) is 37.2 Å². The third-order valence-electron chi connectivity index (χ3n) is 3.61. The first-order valence-corrected chi connectivity index (χ1v) is 6.41. The lowest BCUT2D eigenvalue weighted by Crippen LogP contribution is -2.40. The van der Waals surface area contributed by atoms with Crippen LogP contribution in [0.3, 0.4) is 0 Å². The molecule has 1 atom stereocenters. The van der Waals surface area contributed by atoms with Gasteiger partial charge in [0.1, 0.15) is 5.82 Å². The Morgan fingerprint density at radius 3 is 2.89 bits per heavy atom. The van der Waals surface area contributed by atoms with Crippen molar-refractivity contribution < 1.29 is 9.60 Å². The van der Waals surface area contributed by atoms with Gasteiger partial charge in [0.2, 0.25) is 0 Å². The second-order valence-corrected chi connectivity index (χ2v) is 4.77. The zero-order valence-electron chi connectivity index (χ0n) is 10.6. The van der Waals surface area contributed by atoms with Gasteiger partial charge in [0.05, 0.1) is 5.71 Å². The molecule has 3 nitrogen and oxygen atoms in total. The Balaban J connectivity index is 2.02. The van der Waals surface area contributed by atoms with Crippen LogP contribution in [-0.4, -0.2) is 28.9 Å². The summed E-state index contributed by atoms with van der Waals surface area (Å²) in [5.74, 6) is 0.141. The average molecular weight is 250 g/mol. The van der Waals surface area contributed by atoms with Gasteiger partial charge in [-0.25, -0.2) is 4.39 Å². The van der Waals surface area contributed by atoms with Gasteiger partial charge in [-0.3, -0.25) is 4.90 Å². The summed E-state index contributed by atoms with van der Waals surface area (Å²) in [6.07, 6.45) is 1.72. The second-order valence-electron chi connectivity index (χ2n) is 4.77. The van der Waals surface area contributed by atoms with Crippen molar-refractivity contribution in [3.63, 3.8) is 0 Å². The van der Waals surface area contributed by atoms with Crippen LogP contribution in [-0.2, 0) is 6.54 Å².